The molecule has 1 N–H and O–H groups in total. The highest BCUT2D eigenvalue weighted by atomic mass is 16.5. The molecule has 1 rings (SSSR count). The van der Waals surface area contributed by atoms with E-state index >= 15 is 0 Å². The van der Waals surface area contributed by atoms with Gasteiger partial charge in [0.05, 0.1) is 5.56 Å². The molecule has 0 atom stereocenters. The monoisotopic (exact) mass is 219 g/mol. The topological polar surface area (TPSA) is 87.4 Å². The summed E-state index contributed by atoms with van der Waals surface area (Å²) in [5.74, 6) is -1.16. The highest BCUT2D eigenvalue weighted by molar-refractivity contribution is 5.98. The second-order valence-electron chi connectivity index (χ2n) is 3.05. The highest BCUT2D eigenvalue weighted by Crippen LogP contribution is 2.17. The van der Waals surface area contributed by atoms with Gasteiger partial charge in [-0.3, -0.25) is 9.59 Å². The molecule has 0 aliphatic heterocycles. The minimum absolute atomic E-state index is 0.00803. The van der Waals surface area contributed by atoms with Gasteiger partial charge in [0, 0.05) is 12.5 Å². The standard InChI is InChI=1S/C11H9NO4/c1-7(13)16-6-11(15)8-2-3-10(14)9(4-8)5-12/h2-4,14H,6H2,1H3. The number of esters is 1. The van der Waals surface area contributed by atoms with Crippen LogP contribution in [0.25, 0.3) is 0 Å². The van der Waals surface area contributed by atoms with E-state index in [9.17, 15) is 14.7 Å². The van der Waals surface area contributed by atoms with Crippen LogP contribution in [0.1, 0.15) is 22.8 Å². The number of phenolic OH excluding ortho intramolecular Hbond substituents is 1. The van der Waals surface area contributed by atoms with Gasteiger partial charge in [0.1, 0.15) is 11.8 Å². The molecule has 82 valence electrons. The Balaban J connectivity index is 2.85. The molecule has 0 unspecified atom stereocenters. The summed E-state index contributed by atoms with van der Waals surface area (Å²) in [7, 11) is 0. The second-order valence-corrected chi connectivity index (χ2v) is 3.05. The first-order valence-corrected chi connectivity index (χ1v) is 4.44. The lowest BCUT2D eigenvalue weighted by Crippen LogP contribution is -2.11. The average molecular weight is 219 g/mol. The molecule has 0 radical (unpaired) electrons. The molecule has 0 amide bonds. The zero-order valence-electron chi connectivity index (χ0n) is 8.56. The average Bonchev–Trinajstić information content (AvgIpc) is 2.26. The predicted molar refractivity (Wildman–Crippen MR) is 53.8 cm³/mol. The van der Waals surface area contributed by atoms with Gasteiger partial charge in [0.15, 0.2) is 12.4 Å². The number of hydrogen-bond donors (Lipinski definition) is 1. The first-order chi connectivity index (χ1) is 7.54. The van der Waals surface area contributed by atoms with Crippen molar-refractivity contribution in [1.82, 2.24) is 0 Å². The van der Waals surface area contributed by atoms with Gasteiger partial charge in [-0.2, -0.15) is 5.26 Å². The number of phenols is 1. The van der Waals surface area contributed by atoms with Crippen molar-refractivity contribution in [2.45, 2.75) is 6.92 Å². The maximum Gasteiger partial charge on any atom is 0.303 e. The second kappa shape index (κ2) is 4.94. The summed E-state index contributed by atoms with van der Waals surface area (Å²) in [5, 5.41) is 17.9. The Hall–Kier alpha value is -2.35. The molecule has 0 spiro atoms. The lowest BCUT2D eigenvalue weighted by molar-refractivity contribution is -0.139. The fourth-order valence-corrected chi connectivity index (χ4v) is 1.05. The van der Waals surface area contributed by atoms with Crippen molar-refractivity contribution in [3.05, 3.63) is 29.3 Å². The van der Waals surface area contributed by atoms with Crippen molar-refractivity contribution in [2.24, 2.45) is 0 Å². The Morgan fingerprint density at radius 2 is 2.19 bits per heavy atom. The SMILES string of the molecule is CC(=O)OCC(=O)c1ccc(O)c(C#N)c1. The van der Waals surface area contributed by atoms with E-state index in [1.54, 1.807) is 6.07 Å². The van der Waals surface area contributed by atoms with E-state index in [4.69, 9.17) is 5.26 Å². The van der Waals surface area contributed by atoms with Crippen molar-refractivity contribution in [3.8, 4) is 11.8 Å². The summed E-state index contributed by atoms with van der Waals surface area (Å²) in [6, 6.07) is 5.61. The van der Waals surface area contributed by atoms with E-state index < -0.39 is 11.8 Å². The van der Waals surface area contributed by atoms with E-state index in [1.165, 1.54) is 25.1 Å². The number of aromatic hydroxyl groups is 1. The largest absolute Gasteiger partial charge is 0.507 e. The molecule has 5 heteroatoms. The Labute approximate surface area is 91.9 Å². The van der Waals surface area contributed by atoms with Gasteiger partial charge in [0.25, 0.3) is 0 Å². The lowest BCUT2D eigenvalue weighted by Gasteiger charge is -2.02. The van der Waals surface area contributed by atoms with Gasteiger partial charge in [-0.05, 0) is 18.2 Å². The smallest absolute Gasteiger partial charge is 0.303 e. The molecule has 5 nitrogen and oxygen atoms in total. The summed E-state index contributed by atoms with van der Waals surface area (Å²) in [4.78, 5) is 22.0. The fraction of sp³-hybridized carbons (Fsp3) is 0.182. The quantitative estimate of drug-likeness (QED) is 0.605. The summed E-state index contributed by atoms with van der Waals surface area (Å²) in [6.45, 7) is 0.829. The molecular weight excluding hydrogens is 210 g/mol. The zero-order chi connectivity index (χ0) is 12.1. The number of nitrogens with zero attached hydrogens (tertiary/aromatic N) is 1. The van der Waals surface area contributed by atoms with Crippen LogP contribution in [-0.4, -0.2) is 23.5 Å². The molecular formula is C11H9NO4. The molecule has 0 aliphatic rings. The maximum absolute atomic E-state index is 11.5. The van der Waals surface area contributed by atoms with Crippen molar-refractivity contribution in [2.75, 3.05) is 6.61 Å². The number of ether oxygens (including phenoxy) is 1. The fourth-order valence-electron chi connectivity index (χ4n) is 1.05. The van der Waals surface area contributed by atoms with Gasteiger partial charge in [-0.1, -0.05) is 0 Å². The Morgan fingerprint density at radius 1 is 1.50 bits per heavy atom. The summed E-state index contributed by atoms with van der Waals surface area (Å²) in [5.41, 5.74) is 0.226. The lowest BCUT2D eigenvalue weighted by atomic mass is 10.1. The van der Waals surface area contributed by atoms with Crippen LogP contribution in [0.15, 0.2) is 18.2 Å². The number of ketones is 1. The number of nitriles is 1. The molecule has 0 fully saturated rings. The minimum Gasteiger partial charge on any atom is -0.507 e. The Morgan fingerprint density at radius 3 is 2.75 bits per heavy atom. The third-order valence-electron chi connectivity index (χ3n) is 1.85. The number of carbonyl (C=O) groups is 2. The molecule has 0 heterocycles. The third-order valence-corrected chi connectivity index (χ3v) is 1.85. The van der Waals surface area contributed by atoms with Crippen LogP contribution >= 0.6 is 0 Å². The van der Waals surface area contributed by atoms with Crippen LogP contribution < -0.4 is 0 Å². The first-order valence-electron chi connectivity index (χ1n) is 4.44. The van der Waals surface area contributed by atoms with Crippen molar-refractivity contribution < 1.29 is 19.4 Å². The Kier molecular flexibility index (Phi) is 3.62. The number of Topliss-reactive ketones (excluding diaryl/α,β-unsaturated/α-hetero) is 1. The van der Waals surface area contributed by atoms with Crippen molar-refractivity contribution >= 4 is 11.8 Å². The number of benzene rings is 1. The molecule has 1 aromatic rings. The van der Waals surface area contributed by atoms with E-state index in [0.717, 1.165) is 0 Å². The van der Waals surface area contributed by atoms with Gasteiger partial charge in [-0.25, -0.2) is 0 Å². The van der Waals surface area contributed by atoms with Gasteiger partial charge in [0.2, 0.25) is 0 Å². The maximum atomic E-state index is 11.5. The van der Waals surface area contributed by atoms with Crippen LogP contribution in [0.4, 0.5) is 0 Å². The number of carbonyl (C=O) groups excluding carboxylic acids is 2. The van der Waals surface area contributed by atoms with Gasteiger partial charge < -0.3 is 9.84 Å². The summed E-state index contributed by atoms with van der Waals surface area (Å²) < 4.78 is 4.53. The summed E-state index contributed by atoms with van der Waals surface area (Å²) in [6.07, 6.45) is 0. The third kappa shape index (κ3) is 2.82. The van der Waals surface area contributed by atoms with Crippen molar-refractivity contribution in [3.63, 3.8) is 0 Å². The molecule has 0 aliphatic carbocycles. The van der Waals surface area contributed by atoms with Crippen LogP contribution in [-0.2, 0) is 9.53 Å². The van der Waals surface area contributed by atoms with E-state index in [2.05, 4.69) is 4.74 Å². The van der Waals surface area contributed by atoms with Crippen LogP contribution in [0.3, 0.4) is 0 Å². The van der Waals surface area contributed by atoms with Gasteiger partial charge >= 0.3 is 5.97 Å². The molecule has 0 saturated carbocycles. The minimum atomic E-state index is -0.548. The number of rotatable bonds is 3. The summed E-state index contributed by atoms with van der Waals surface area (Å²) >= 11 is 0. The molecule has 0 bridgehead atoms. The van der Waals surface area contributed by atoms with E-state index in [1.807, 2.05) is 0 Å². The molecule has 1 aromatic carbocycles. The van der Waals surface area contributed by atoms with Crippen LogP contribution in [0, 0.1) is 11.3 Å². The van der Waals surface area contributed by atoms with Crippen LogP contribution in [0.2, 0.25) is 0 Å². The normalized spacial score (nSPS) is 9.25. The number of hydrogen-bond acceptors (Lipinski definition) is 5. The Bertz CT molecular complexity index is 473. The van der Waals surface area contributed by atoms with Crippen LogP contribution in [0.5, 0.6) is 5.75 Å². The van der Waals surface area contributed by atoms with Gasteiger partial charge in [-0.15, -0.1) is 0 Å². The van der Waals surface area contributed by atoms with E-state index in [0.29, 0.717) is 0 Å². The van der Waals surface area contributed by atoms with Crippen molar-refractivity contribution in [1.29, 1.82) is 5.26 Å². The highest BCUT2D eigenvalue weighted by Gasteiger charge is 2.10. The first kappa shape index (κ1) is 11.7. The predicted octanol–water partition coefficient (Wildman–Crippen LogP) is 1.01. The molecule has 0 aromatic heterocycles. The van der Waals surface area contributed by atoms with E-state index in [-0.39, 0.29) is 23.5 Å². The molecule has 16 heavy (non-hydrogen) atoms. The molecule has 0 saturated heterocycles. The zero-order valence-corrected chi connectivity index (χ0v) is 8.56.